The van der Waals surface area contributed by atoms with Gasteiger partial charge in [-0.2, -0.15) is 13.2 Å². The minimum atomic E-state index is -4.73. The topological polar surface area (TPSA) is 88.7 Å². The summed E-state index contributed by atoms with van der Waals surface area (Å²) in [5, 5.41) is 14.1. The van der Waals surface area contributed by atoms with E-state index >= 15 is 0 Å². The number of alkyl halides is 3. The molecular weight excluding hydrogens is 594 g/mol. The van der Waals surface area contributed by atoms with Gasteiger partial charge in [0.25, 0.3) is 0 Å². The second-order valence-electron chi connectivity index (χ2n) is 10.7. The minimum Gasteiger partial charge on any atom is -0.496 e. The highest BCUT2D eigenvalue weighted by atomic mass is 35.5. The number of anilines is 1. The molecule has 2 aliphatic rings. The van der Waals surface area contributed by atoms with E-state index in [1.165, 1.54) is 19.3 Å². The molecule has 2 aromatic heterocycles. The fourth-order valence-corrected chi connectivity index (χ4v) is 6.58. The van der Waals surface area contributed by atoms with Crippen molar-refractivity contribution >= 4 is 51.8 Å². The Labute approximate surface area is 248 Å². The number of halogens is 5. The molecule has 3 heterocycles. The van der Waals surface area contributed by atoms with Crippen LogP contribution in [0.3, 0.4) is 0 Å². The Morgan fingerprint density at radius 3 is 2.43 bits per heavy atom. The van der Waals surface area contributed by atoms with Gasteiger partial charge >= 0.3 is 12.1 Å². The molecule has 4 aromatic rings. The molecule has 1 aliphatic heterocycles. The van der Waals surface area contributed by atoms with Crippen molar-refractivity contribution in [2.24, 2.45) is 5.41 Å². The number of carboxylic acids is 1. The van der Waals surface area contributed by atoms with Crippen molar-refractivity contribution in [3.05, 3.63) is 75.1 Å². The summed E-state index contributed by atoms with van der Waals surface area (Å²) in [6, 6.07) is 11.8. The first-order chi connectivity index (χ1) is 20.0. The summed E-state index contributed by atoms with van der Waals surface area (Å²) in [7, 11) is 1.49. The number of rotatable bonds is 5. The van der Waals surface area contributed by atoms with E-state index in [4.69, 9.17) is 32.5 Å². The Bertz CT molecular complexity index is 1710. The number of methoxy groups -OCH3 is 1. The summed E-state index contributed by atoms with van der Waals surface area (Å²) in [4.78, 5) is 17.9. The molecule has 12 heteroatoms. The highest BCUT2D eigenvalue weighted by Gasteiger charge is 2.45. The average molecular weight is 618 g/mol. The maximum atomic E-state index is 13.8. The van der Waals surface area contributed by atoms with Crippen LogP contribution in [0.15, 0.2) is 52.6 Å². The van der Waals surface area contributed by atoms with Crippen LogP contribution in [0, 0.1) is 5.41 Å². The van der Waals surface area contributed by atoms with Crippen LogP contribution < -0.4 is 9.64 Å². The standard InChI is InChI=1S/C30H24Cl2F3N3O4/c1-41-24-13-23(28(39)40)36-22-6-5-17(12-18(22)24)38-9-7-29(8-10-38)14-16(15-29)11-19-26(37-42-27(19)30(33,34)35)25-20(31)3-2-4-21(25)32/h2-6,11-13H,7-10,14-15H2,1H3,(H,39,40). The molecular formula is C30H24Cl2F3N3O4. The van der Waals surface area contributed by atoms with E-state index in [0.29, 0.717) is 24.1 Å². The lowest BCUT2D eigenvalue weighted by Gasteiger charge is -2.50. The summed E-state index contributed by atoms with van der Waals surface area (Å²) in [6.07, 6.45) is -0.117. The molecule has 7 nitrogen and oxygen atoms in total. The first-order valence-electron chi connectivity index (χ1n) is 13.2. The van der Waals surface area contributed by atoms with Crippen molar-refractivity contribution in [3.8, 4) is 17.0 Å². The maximum Gasteiger partial charge on any atom is 0.453 e. The molecule has 2 fully saturated rings. The van der Waals surface area contributed by atoms with Crippen molar-refractivity contribution in [1.29, 1.82) is 0 Å². The lowest BCUT2D eigenvalue weighted by atomic mass is 9.60. The number of benzene rings is 2. The number of aromatic carboxylic acids is 1. The Morgan fingerprint density at radius 1 is 1.12 bits per heavy atom. The number of carbonyl (C=O) groups is 1. The molecule has 0 radical (unpaired) electrons. The molecule has 1 spiro atoms. The van der Waals surface area contributed by atoms with Crippen LogP contribution in [0.25, 0.3) is 28.2 Å². The summed E-state index contributed by atoms with van der Waals surface area (Å²) in [5.74, 6) is -1.86. The van der Waals surface area contributed by atoms with Gasteiger partial charge in [0.2, 0.25) is 5.76 Å². The first kappa shape index (κ1) is 28.4. The van der Waals surface area contributed by atoms with Gasteiger partial charge in [0.15, 0.2) is 5.69 Å². The van der Waals surface area contributed by atoms with Crippen molar-refractivity contribution in [2.75, 3.05) is 25.1 Å². The first-order valence-corrected chi connectivity index (χ1v) is 13.9. The lowest BCUT2D eigenvalue weighted by molar-refractivity contribution is -0.155. The SMILES string of the molecule is COc1cc(C(=O)O)nc2ccc(N3CCC4(CC3)CC(=Cc3c(-c5c(Cl)cccc5Cl)noc3C(F)(F)F)C4)cc12. The number of piperidine rings is 1. The van der Waals surface area contributed by atoms with Crippen molar-refractivity contribution in [1.82, 2.24) is 10.1 Å². The van der Waals surface area contributed by atoms with Crippen LogP contribution in [0.1, 0.15) is 47.5 Å². The fraction of sp³-hybridized carbons (Fsp3) is 0.300. The smallest absolute Gasteiger partial charge is 0.453 e. The Kier molecular flexibility index (Phi) is 7.09. The van der Waals surface area contributed by atoms with Gasteiger partial charge in [-0.25, -0.2) is 9.78 Å². The molecule has 6 rings (SSSR count). The van der Waals surface area contributed by atoms with E-state index in [0.717, 1.165) is 42.6 Å². The van der Waals surface area contributed by atoms with Gasteiger partial charge in [-0.05, 0) is 67.5 Å². The van der Waals surface area contributed by atoms with E-state index in [1.807, 2.05) is 12.1 Å². The molecule has 0 amide bonds. The zero-order valence-corrected chi connectivity index (χ0v) is 23.8. The highest BCUT2D eigenvalue weighted by Crippen LogP contribution is 2.54. The molecule has 0 atom stereocenters. The van der Waals surface area contributed by atoms with Crippen LogP contribution in [0.5, 0.6) is 5.75 Å². The number of pyridine rings is 1. The van der Waals surface area contributed by atoms with E-state index in [2.05, 4.69) is 15.0 Å². The van der Waals surface area contributed by atoms with Gasteiger partial charge in [-0.15, -0.1) is 0 Å². The molecule has 2 aromatic carbocycles. The highest BCUT2D eigenvalue weighted by molar-refractivity contribution is 6.39. The van der Waals surface area contributed by atoms with E-state index in [-0.39, 0.29) is 38.0 Å². The lowest BCUT2D eigenvalue weighted by Crippen LogP contribution is -2.44. The van der Waals surface area contributed by atoms with Crippen molar-refractivity contribution in [2.45, 2.75) is 31.9 Å². The van der Waals surface area contributed by atoms with Gasteiger partial charge in [-0.1, -0.05) is 40.0 Å². The Balaban J connectivity index is 1.21. The quantitative estimate of drug-likeness (QED) is 0.240. The molecule has 1 N–H and O–H groups in total. The number of ether oxygens (including phenoxy) is 1. The van der Waals surface area contributed by atoms with Gasteiger partial charge in [0.1, 0.15) is 11.4 Å². The number of hydrogen-bond donors (Lipinski definition) is 1. The second-order valence-corrected chi connectivity index (χ2v) is 11.5. The number of allylic oxidation sites excluding steroid dienone is 1. The molecule has 42 heavy (non-hydrogen) atoms. The molecule has 218 valence electrons. The average Bonchev–Trinajstić information content (AvgIpc) is 3.35. The third-order valence-corrected chi connectivity index (χ3v) is 8.75. The predicted octanol–water partition coefficient (Wildman–Crippen LogP) is 8.39. The van der Waals surface area contributed by atoms with Crippen LogP contribution in [0.2, 0.25) is 10.0 Å². The van der Waals surface area contributed by atoms with Gasteiger partial charge in [0, 0.05) is 35.8 Å². The summed E-state index contributed by atoms with van der Waals surface area (Å²) < 4.78 is 51.7. The van der Waals surface area contributed by atoms with Crippen molar-refractivity contribution < 1.29 is 32.3 Å². The Morgan fingerprint density at radius 2 is 1.81 bits per heavy atom. The number of hydrogen-bond acceptors (Lipinski definition) is 6. The second kappa shape index (κ2) is 10.5. The predicted molar refractivity (Wildman–Crippen MR) is 153 cm³/mol. The van der Waals surface area contributed by atoms with Crippen LogP contribution >= 0.6 is 23.2 Å². The van der Waals surface area contributed by atoms with Crippen LogP contribution in [-0.2, 0) is 6.18 Å². The molecule has 1 saturated carbocycles. The normalized spacial score (nSPS) is 16.5. The number of aromatic nitrogens is 2. The van der Waals surface area contributed by atoms with E-state index < -0.39 is 17.9 Å². The number of carboxylic acid groups (broad SMARTS) is 1. The largest absolute Gasteiger partial charge is 0.496 e. The van der Waals surface area contributed by atoms with Gasteiger partial charge in [-0.3, -0.25) is 0 Å². The third-order valence-electron chi connectivity index (χ3n) is 8.12. The third kappa shape index (κ3) is 5.07. The Hall–Kier alpha value is -3.76. The van der Waals surface area contributed by atoms with Gasteiger partial charge < -0.3 is 19.3 Å². The van der Waals surface area contributed by atoms with E-state index in [9.17, 15) is 23.1 Å². The minimum absolute atomic E-state index is 0.00652. The molecule has 0 bridgehead atoms. The number of fused-ring (bicyclic) bond motifs is 1. The van der Waals surface area contributed by atoms with Crippen LogP contribution in [0.4, 0.5) is 18.9 Å². The number of nitrogens with zero attached hydrogens (tertiary/aromatic N) is 3. The zero-order valence-electron chi connectivity index (χ0n) is 22.3. The monoisotopic (exact) mass is 617 g/mol. The molecule has 0 unspecified atom stereocenters. The summed E-state index contributed by atoms with van der Waals surface area (Å²) in [5.41, 5.74) is 2.32. The van der Waals surface area contributed by atoms with Crippen LogP contribution in [-0.4, -0.2) is 41.4 Å². The van der Waals surface area contributed by atoms with Gasteiger partial charge in [0.05, 0.1) is 28.2 Å². The summed E-state index contributed by atoms with van der Waals surface area (Å²) >= 11 is 12.6. The fourth-order valence-electron chi connectivity index (χ4n) is 6.01. The van der Waals surface area contributed by atoms with Crippen molar-refractivity contribution in [3.63, 3.8) is 0 Å². The zero-order chi connectivity index (χ0) is 29.8. The molecule has 1 aliphatic carbocycles. The summed E-state index contributed by atoms with van der Waals surface area (Å²) in [6.45, 7) is 1.53. The van der Waals surface area contributed by atoms with E-state index in [1.54, 1.807) is 24.3 Å². The maximum absolute atomic E-state index is 13.8. The molecule has 1 saturated heterocycles.